The summed E-state index contributed by atoms with van der Waals surface area (Å²) in [5, 5.41) is 2.80. The molecule has 0 aliphatic carbocycles. The lowest BCUT2D eigenvalue weighted by atomic mass is 10.1. The number of alkyl halides is 3. The fourth-order valence-corrected chi connectivity index (χ4v) is 5.14. The summed E-state index contributed by atoms with van der Waals surface area (Å²) in [5.74, 6) is -1.27. The van der Waals surface area contributed by atoms with Crippen molar-refractivity contribution in [2.45, 2.75) is 39.0 Å². The third-order valence-electron chi connectivity index (χ3n) is 7.17. The van der Waals surface area contributed by atoms with Crippen LogP contribution in [0, 0.1) is 11.6 Å². The largest absolute Gasteiger partial charge is 0.416 e. The number of piperazine rings is 1. The molecule has 1 N–H and O–H groups in total. The van der Waals surface area contributed by atoms with E-state index in [1.54, 1.807) is 12.1 Å². The van der Waals surface area contributed by atoms with E-state index < -0.39 is 29.3 Å². The first-order valence-electron chi connectivity index (χ1n) is 13.0. The van der Waals surface area contributed by atoms with E-state index in [1.165, 1.54) is 40.9 Å². The summed E-state index contributed by atoms with van der Waals surface area (Å²) in [6.45, 7) is 5.39. The van der Waals surface area contributed by atoms with Gasteiger partial charge in [0.25, 0.3) is 5.91 Å². The molecule has 11 heteroatoms. The Labute approximate surface area is 228 Å². The summed E-state index contributed by atoms with van der Waals surface area (Å²) >= 11 is 0. The van der Waals surface area contributed by atoms with E-state index in [0.29, 0.717) is 60.0 Å². The van der Waals surface area contributed by atoms with Crippen molar-refractivity contribution in [2.75, 3.05) is 29.4 Å². The number of hydrogen-bond acceptors (Lipinski definition) is 4. The van der Waals surface area contributed by atoms with Gasteiger partial charge in [-0.25, -0.2) is 13.8 Å². The molecule has 0 unspecified atom stereocenters. The third kappa shape index (κ3) is 5.45. The monoisotopic (exact) mass is 557 g/mol. The number of nitrogens with one attached hydrogen (secondary N) is 1. The molecule has 0 bridgehead atoms. The standard InChI is InChI=1S/C29H28F5N5O/c1-3-24-27(39-11-10-21(30)15-26(39)36-24)28(40)35-16-19-4-9-25(23(31)14-19)37-12-13-38(18(2)17-37)22-7-5-20(6-8-22)29(32,33)34/h4-11,14-15,18H,3,12-13,16-17H2,1-2H3,(H,35,40)/t18-/m0/s1. The maximum atomic E-state index is 15.2. The Morgan fingerprint density at radius 2 is 1.80 bits per heavy atom. The fraction of sp³-hybridized carbons (Fsp3) is 0.310. The second-order valence-corrected chi connectivity index (χ2v) is 9.84. The molecule has 2 aromatic carbocycles. The highest BCUT2D eigenvalue weighted by Gasteiger charge is 2.31. The molecule has 0 radical (unpaired) electrons. The number of aryl methyl sites for hydroxylation is 1. The molecule has 0 saturated carbocycles. The van der Waals surface area contributed by atoms with Gasteiger partial charge < -0.3 is 15.1 Å². The van der Waals surface area contributed by atoms with Crippen molar-refractivity contribution in [3.05, 3.63) is 94.9 Å². The molecule has 2 aromatic heterocycles. The Kier molecular flexibility index (Phi) is 7.39. The Hall–Kier alpha value is -4.15. The predicted molar refractivity (Wildman–Crippen MR) is 143 cm³/mol. The summed E-state index contributed by atoms with van der Waals surface area (Å²) in [6, 6.07) is 12.3. The molecule has 1 fully saturated rings. The van der Waals surface area contributed by atoms with Crippen LogP contribution in [-0.4, -0.2) is 41.0 Å². The van der Waals surface area contributed by atoms with Gasteiger partial charge in [0.05, 0.1) is 16.9 Å². The van der Waals surface area contributed by atoms with Crippen LogP contribution < -0.4 is 15.1 Å². The SMILES string of the molecule is CCc1nc2cc(F)ccn2c1C(=O)NCc1ccc(N2CCN(c3ccc(C(F)(F)F)cc3)[C@@H](C)C2)c(F)c1. The molecule has 0 spiro atoms. The molecule has 1 amide bonds. The van der Waals surface area contributed by atoms with Gasteiger partial charge in [-0.2, -0.15) is 13.2 Å². The lowest BCUT2D eigenvalue weighted by Crippen LogP contribution is -2.52. The second-order valence-electron chi connectivity index (χ2n) is 9.84. The molecule has 5 rings (SSSR count). The van der Waals surface area contributed by atoms with Crippen LogP contribution >= 0.6 is 0 Å². The minimum Gasteiger partial charge on any atom is -0.365 e. The van der Waals surface area contributed by atoms with Crippen molar-refractivity contribution in [3.63, 3.8) is 0 Å². The molecule has 40 heavy (non-hydrogen) atoms. The van der Waals surface area contributed by atoms with Crippen LogP contribution in [0.2, 0.25) is 0 Å². The second kappa shape index (κ2) is 10.8. The zero-order chi connectivity index (χ0) is 28.6. The van der Waals surface area contributed by atoms with Gasteiger partial charge in [-0.3, -0.25) is 9.20 Å². The number of fused-ring (bicyclic) bond motifs is 1. The number of hydrogen-bond donors (Lipinski definition) is 1. The average Bonchev–Trinajstić information content (AvgIpc) is 3.29. The fourth-order valence-electron chi connectivity index (χ4n) is 5.14. The molecule has 1 aliphatic heterocycles. The highest BCUT2D eigenvalue weighted by Crippen LogP contribution is 2.32. The third-order valence-corrected chi connectivity index (χ3v) is 7.17. The van der Waals surface area contributed by atoms with Gasteiger partial charge in [0.2, 0.25) is 0 Å². The van der Waals surface area contributed by atoms with Crippen LogP contribution in [0.1, 0.15) is 41.2 Å². The minimum atomic E-state index is -4.39. The summed E-state index contributed by atoms with van der Waals surface area (Å²) in [4.78, 5) is 21.2. The van der Waals surface area contributed by atoms with E-state index in [4.69, 9.17) is 0 Å². The van der Waals surface area contributed by atoms with Crippen LogP contribution in [0.4, 0.5) is 33.3 Å². The van der Waals surface area contributed by atoms with E-state index in [0.717, 1.165) is 12.1 Å². The van der Waals surface area contributed by atoms with Crippen molar-refractivity contribution in [1.29, 1.82) is 0 Å². The van der Waals surface area contributed by atoms with Crippen LogP contribution in [0.5, 0.6) is 0 Å². The highest BCUT2D eigenvalue weighted by atomic mass is 19.4. The predicted octanol–water partition coefficient (Wildman–Crippen LogP) is 5.84. The summed E-state index contributed by atoms with van der Waals surface area (Å²) in [5.41, 5.74) is 2.18. The quantitative estimate of drug-likeness (QED) is 0.303. The van der Waals surface area contributed by atoms with Gasteiger partial charge in [-0.05, 0) is 61.4 Å². The first kappa shape index (κ1) is 27.4. The lowest BCUT2D eigenvalue weighted by Gasteiger charge is -2.42. The number of nitrogens with zero attached hydrogens (tertiary/aromatic N) is 4. The van der Waals surface area contributed by atoms with Crippen molar-refractivity contribution < 1.29 is 26.7 Å². The van der Waals surface area contributed by atoms with Gasteiger partial charge in [-0.1, -0.05) is 13.0 Å². The number of carbonyl (C=O) groups is 1. The number of pyridine rings is 1. The van der Waals surface area contributed by atoms with Crippen LogP contribution in [0.15, 0.2) is 60.8 Å². The molecule has 210 valence electrons. The van der Waals surface area contributed by atoms with Gasteiger partial charge in [0, 0.05) is 50.2 Å². The average molecular weight is 558 g/mol. The van der Waals surface area contributed by atoms with E-state index >= 15 is 4.39 Å². The summed E-state index contributed by atoms with van der Waals surface area (Å²) < 4.78 is 69.0. The molecular weight excluding hydrogens is 529 g/mol. The Morgan fingerprint density at radius 1 is 1.05 bits per heavy atom. The van der Waals surface area contributed by atoms with Crippen molar-refractivity contribution in [3.8, 4) is 0 Å². The first-order chi connectivity index (χ1) is 19.0. The lowest BCUT2D eigenvalue weighted by molar-refractivity contribution is -0.137. The summed E-state index contributed by atoms with van der Waals surface area (Å²) in [7, 11) is 0. The van der Waals surface area contributed by atoms with E-state index in [1.807, 2.05) is 23.6 Å². The maximum Gasteiger partial charge on any atom is 0.416 e. The Bertz CT molecular complexity index is 1530. The Balaban J connectivity index is 1.23. The molecule has 1 aliphatic rings. The van der Waals surface area contributed by atoms with Gasteiger partial charge in [0.15, 0.2) is 0 Å². The van der Waals surface area contributed by atoms with Crippen molar-refractivity contribution in [1.82, 2.24) is 14.7 Å². The number of imidazole rings is 1. The van der Waals surface area contributed by atoms with Gasteiger partial charge in [0.1, 0.15) is 23.0 Å². The first-order valence-corrected chi connectivity index (χ1v) is 13.0. The molecule has 4 aromatic rings. The van der Waals surface area contributed by atoms with Crippen LogP contribution in [0.25, 0.3) is 5.65 Å². The Morgan fingerprint density at radius 3 is 2.45 bits per heavy atom. The number of halogens is 5. The normalized spacial score (nSPS) is 16.0. The number of aromatic nitrogens is 2. The maximum absolute atomic E-state index is 15.2. The van der Waals surface area contributed by atoms with Crippen LogP contribution in [0.3, 0.4) is 0 Å². The van der Waals surface area contributed by atoms with Crippen LogP contribution in [-0.2, 0) is 19.1 Å². The smallest absolute Gasteiger partial charge is 0.365 e. The van der Waals surface area contributed by atoms with E-state index in [9.17, 15) is 22.4 Å². The number of carbonyl (C=O) groups excluding carboxylic acids is 1. The van der Waals surface area contributed by atoms with Gasteiger partial charge >= 0.3 is 6.18 Å². The molecular formula is C29H28F5N5O. The molecule has 3 heterocycles. The molecule has 1 atom stereocenters. The zero-order valence-electron chi connectivity index (χ0n) is 22.0. The topological polar surface area (TPSA) is 52.9 Å². The number of benzene rings is 2. The van der Waals surface area contributed by atoms with Crippen molar-refractivity contribution >= 4 is 22.9 Å². The zero-order valence-corrected chi connectivity index (χ0v) is 22.0. The van der Waals surface area contributed by atoms with E-state index in [-0.39, 0.29) is 12.6 Å². The minimum absolute atomic E-state index is 0.0597. The van der Waals surface area contributed by atoms with Gasteiger partial charge in [-0.15, -0.1) is 0 Å². The number of anilines is 2. The molecule has 1 saturated heterocycles. The highest BCUT2D eigenvalue weighted by molar-refractivity contribution is 5.94. The van der Waals surface area contributed by atoms with E-state index in [2.05, 4.69) is 10.3 Å². The summed E-state index contributed by atoms with van der Waals surface area (Å²) in [6.07, 6.45) is -2.44. The number of amides is 1. The number of rotatable bonds is 6. The van der Waals surface area contributed by atoms with Crippen molar-refractivity contribution in [2.24, 2.45) is 0 Å². The molecule has 6 nitrogen and oxygen atoms in total.